The number of fused-ring (bicyclic) bond motifs is 2. The molecular formula is C112H108BrCl6N13O5. The van der Waals surface area contributed by atoms with Gasteiger partial charge in [0.15, 0.2) is 0 Å². The van der Waals surface area contributed by atoms with E-state index < -0.39 is 11.1 Å². The van der Waals surface area contributed by atoms with Gasteiger partial charge in [-0.05, 0) is 230 Å². The third-order valence-electron chi connectivity index (χ3n) is 25.0. The van der Waals surface area contributed by atoms with Crippen molar-refractivity contribution in [3.8, 4) is 66.8 Å². The van der Waals surface area contributed by atoms with Crippen molar-refractivity contribution in [2.75, 3.05) is 51.2 Å². The summed E-state index contributed by atoms with van der Waals surface area (Å²) in [5.41, 5.74) is 36.8. The first-order chi connectivity index (χ1) is 66.4. The van der Waals surface area contributed by atoms with E-state index in [0.717, 1.165) is 171 Å². The number of hydrogen-bond donors (Lipinski definition) is 8. The van der Waals surface area contributed by atoms with Crippen molar-refractivity contribution in [1.29, 1.82) is 0 Å². The number of nitrogens with two attached hydrogens (primary N) is 3. The number of amides is 5. The van der Waals surface area contributed by atoms with E-state index in [0.29, 0.717) is 91.1 Å². The van der Waals surface area contributed by atoms with Gasteiger partial charge in [0.25, 0.3) is 11.8 Å². The van der Waals surface area contributed by atoms with E-state index in [4.69, 9.17) is 86.8 Å². The number of rotatable bonds is 20. The summed E-state index contributed by atoms with van der Waals surface area (Å²) in [5, 5.41) is 18.5. The molecular weight excluding hydrogens is 1900 g/mol. The number of alkyl halides is 1. The molecule has 19 rings (SSSR count). The Labute approximate surface area is 839 Å². The average Bonchev–Trinajstić information content (AvgIpc) is 1.66. The van der Waals surface area contributed by atoms with Crippen LogP contribution in [-0.4, -0.2) is 112 Å². The summed E-state index contributed by atoms with van der Waals surface area (Å²) in [6, 6.07) is 104. The second kappa shape index (κ2) is 48.2. The van der Waals surface area contributed by atoms with Gasteiger partial charge in [-0.25, -0.2) is 9.97 Å². The summed E-state index contributed by atoms with van der Waals surface area (Å²) in [6.45, 7) is 9.03. The molecule has 0 bridgehead atoms. The lowest BCUT2D eigenvalue weighted by molar-refractivity contribution is -0.132. The minimum Gasteiger partial charge on any atom is -0.356 e. The van der Waals surface area contributed by atoms with Gasteiger partial charge < -0.3 is 53.3 Å². The first-order valence-electron chi connectivity index (χ1n) is 45.5. The van der Waals surface area contributed by atoms with Gasteiger partial charge in [0.05, 0.1) is 34.1 Å². The highest BCUT2D eigenvalue weighted by Crippen LogP contribution is 2.39. The molecule has 137 heavy (non-hydrogen) atoms. The largest absolute Gasteiger partial charge is 0.356 e. The molecule has 25 heteroatoms. The van der Waals surface area contributed by atoms with Crippen LogP contribution in [0, 0.1) is 5.41 Å². The number of likely N-dealkylation sites (tertiary alicyclic amines) is 1. The van der Waals surface area contributed by atoms with Crippen LogP contribution in [0.25, 0.3) is 77.8 Å². The average molecular weight is 2010 g/mol. The van der Waals surface area contributed by atoms with Crippen molar-refractivity contribution in [3.05, 3.63) is 409 Å². The molecule has 4 aliphatic rings. The Kier molecular flexibility index (Phi) is 35.5. The molecule has 0 aliphatic carbocycles. The molecule has 4 aliphatic heterocycles. The van der Waals surface area contributed by atoms with Crippen molar-refractivity contribution in [3.63, 3.8) is 0 Å². The molecule has 11 N–H and O–H groups in total. The number of nitrogens with one attached hydrogen (secondary N) is 5. The van der Waals surface area contributed by atoms with E-state index in [2.05, 4.69) is 100 Å². The first-order valence-corrected chi connectivity index (χ1v) is 48.9. The quantitative estimate of drug-likeness (QED) is 0.0261. The number of nitrogens with zero attached hydrogens (tertiary/aromatic N) is 5. The number of aromatic nitrogens is 3. The molecule has 0 saturated carbocycles. The van der Waals surface area contributed by atoms with Crippen molar-refractivity contribution < 1.29 is 24.0 Å². The molecule has 2 aromatic heterocycles. The molecule has 0 atom stereocenters. The molecule has 18 nitrogen and oxygen atoms in total. The first kappa shape index (κ1) is 101. The highest BCUT2D eigenvalue weighted by Gasteiger charge is 2.40. The molecule has 700 valence electrons. The zero-order chi connectivity index (χ0) is 96.4. The number of carbonyl (C=O) groups excluding carboxylic acids is 5. The monoisotopic (exact) mass is 2000 g/mol. The predicted octanol–water partition coefficient (Wildman–Crippen LogP) is 24.1. The van der Waals surface area contributed by atoms with Crippen LogP contribution in [0.3, 0.4) is 0 Å². The van der Waals surface area contributed by atoms with Crippen LogP contribution in [0.15, 0.2) is 334 Å². The Bertz CT molecular complexity index is 6510. The van der Waals surface area contributed by atoms with E-state index in [-0.39, 0.29) is 41.5 Å². The highest BCUT2D eigenvalue weighted by molar-refractivity contribution is 9.08. The standard InChI is InChI=1S/C25H25ClN6O.C21H25ClN2O.C21H14ClNO2.C19H22ClN3O.C13H10BrCl.C13H12ClN/c26-21-7-6-17(14-20(21)18-4-2-1-3-5-18)15-29-24(33)25(27)9-12-32(13-10-25)23-19-8-11-28-22(19)30-16-31-23;1-21(10-12-24(2)13-11-21)20(25)23-15-16-8-9-19(22)18(14-16)17-6-4-3-5-7-17;22-19-11-10-14(12-18(19)15-6-2-1-3-7-15)13-23-20(24)16-8-4-5-9-17(16)21(23)25;20-17-7-6-14(12-16(17)15-4-2-1-3-5-15)13-23-18(24)19(21)8-10-22-11-9-19;14-9-10-6-7-13(15)12(8-10)11-4-2-1-3-5-11;14-13-7-6-10(9-15)8-12(13)11-4-2-1-3-5-11/h1-8,11,14,16H,9-10,12-13,15,27H2,(H,29,33)(H,28,30,31);3-9,14H,10-13,15H2,1-2H3,(H,23,25);1-12H,13H2;1-7,12,22H,8-11,13,21H2,(H,23,24);1-8H,9H2;1-8H,9,15H2. The highest BCUT2D eigenvalue weighted by atomic mass is 79.9. The van der Waals surface area contributed by atoms with Crippen molar-refractivity contribution in [2.24, 2.45) is 22.6 Å². The van der Waals surface area contributed by atoms with Crippen LogP contribution >= 0.6 is 85.5 Å². The smallest absolute Gasteiger partial charge is 0.261 e. The maximum atomic E-state index is 13.0. The van der Waals surface area contributed by atoms with Crippen molar-refractivity contribution in [1.82, 2.24) is 46.0 Å². The van der Waals surface area contributed by atoms with Crippen LogP contribution in [0.5, 0.6) is 0 Å². The Morgan fingerprint density at radius 2 is 0.708 bits per heavy atom. The second-order valence-electron chi connectivity index (χ2n) is 34.6. The van der Waals surface area contributed by atoms with Gasteiger partial charge in [-0.15, -0.1) is 0 Å². The Balaban J connectivity index is 0.000000134. The Hall–Kier alpha value is -12.2. The number of aromatic amines is 1. The van der Waals surface area contributed by atoms with Crippen molar-refractivity contribution >= 4 is 132 Å². The second-order valence-corrected chi connectivity index (χ2v) is 37.6. The number of H-pyrrole nitrogens is 1. The third kappa shape index (κ3) is 26.4. The van der Waals surface area contributed by atoms with Crippen LogP contribution < -0.4 is 43.4 Å². The summed E-state index contributed by atoms with van der Waals surface area (Å²) in [7, 11) is 2.11. The lowest BCUT2D eigenvalue weighted by Gasteiger charge is -2.38. The van der Waals surface area contributed by atoms with Gasteiger partial charge in [0, 0.05) is 120 Å². The lowest BCUT2D eigenvalue weighted by Crippen LogP contribution is -2.59. The molecule has 0 spiro atoms. The summed E-state index contributed by atoms with van der Waals surface area (Å²) in [4.78, 5) is 80.7. The predicted molar refractivity (Wildman–Crippen MR) is 564 cm³/mol. The molecule has 13 aromatic carbocycles. The van der Waals surface area contributed by atoms with E-state index in [1.807, 2.05) is 273 Å². The van der Waals surface area contributed by atoms with Gasteiger partial charge >= 0.3 is 0 Å². The Morgan fingerprint density at radius 1 is 0.387 bits per heavy atom. The fraction of sp³-hybridized carbons (Fsp3) is 0.205. The maximum Gasteiger partial charge on any atom is 0.261 e. The lowest BCUT2D eigenvalue weighted by atomic mass is 9.79. The number of carbonyl (C=O) groups is 5. The van der Waals surface area contributed by atoms with Crippen LogP contribution in [0.1, 0.15) is 99.5 Å². The molecule has 0 unspecified atom stereocenters. The number of hydrogen-bond acceptors (Lipinski definition) is 13. The summed E-state index contributed by atoms with van der Waals surface area (Å²) >= 11 is 41.2. The van der Waals surface area contributed by atoms with E-state index in [1.165, 1.54) is 10.5 Å². The zero-order valence-corrected chi connectivity index (χ0v) is 82.3. The summed E-state index contributed by atoms with van der Waals surface area (Å²) in [5.74, 6) is 0.303. The normalized spacial score (nSPS) is 14.5. The summed E-state index contributed by atoms with van der Waals surface area (Å²) < 4.78 is 0. The van der Waals surface area contributed by atoms with Crippen LogP contribution in [0.2, 0.25) is 30.1 Å². The van der Waals surface area contributed by atoms with Gasteiger partial charge in [0.1, 0.15) is 17.8 Å². The van der Waals surface area contributed by atoms with E-state index in [9.17, 15) is 24.0 Å². The van der Waals surface area contributed by atoms with Gasteiger partial charge in [0.2, 0.25) is 17.7 Å². The molecule has 3 saturated heterocycles. The van der Waals surface area contributed by atoms with Crippen LogP contribution in [0.4, 0.5) is 5.82 Å². The van der Waals surface area contributed by atoms with Crippen molar-refractivity contribution in [2.45, 2.75) is 94.6 Å². The molecule has 0 radical (unpaired) electrons. The number of anilines is 1. The summed E-state index contributed by atoms with van der Waals surface area (Å²) in [6.07, 6.45) is 7.64. The molecule has 6 heterocycles. The number of halogens is 7. The van der Waals surface area contributed by atoms with Crippen LogP contribution in [-0.2, 0) is 52.4 Å². The van der Waals surface area contributed by atoms with Gasteiger partial charge in [-0.3, -0.25) is 28.9 Å². The minimum atomic E-state index is -0.907. The molecule has 5 amide bonds. The molecule has 3 fully saturated rings. The zero-order valence-electron chi connectivity index (χ0n) is 76.1. The van der Waals surface area contributed by atoms with E-state index >= 15 is 0 Å². The topological polar surface area (TPSA) is 263 Å². The SMILES string of the molecule is CN1CCC(C)(C(=O)NCc2ccc(Cl)c(-c3ccccc3)c2)CC1.Clc1ccc(CBr)cc1-c1ccccc1.NC1(C(=O)NCc2ccc(Cl)c(-c3ccccc3)c2)CCN(c2ncnc3[nH]ccc23)CC1.NC1(C(=O)NCc2ccc(Cl)c(-c3ccccc3)c2)CCNCC1.NCc1ccc(Cl)c(-c2ccccc2)c1.O=C1c2ccccc2C(=O)N1Cc1ccc(Cl)c(-c2ccccc2)c1. The van der Waals surface area contributed by atoms with Gasteiger partial charge in [-0.2, -0.15) is 0 Å². The molecule has 15 aromatic rings. The van der Waals surface area contributed by atoms with Gasteiger partial charge in [-0.1, -0.05) is 323 Å². The number of piperidine rings is 3. The third-order valence-corrected chi connectivity index (χ3v) is 27.6. The fourth-order valence-corrected chi connectivity index (χ4v) is 18.4. The Morgan fingerprint density at radius 3 is 1.08 bits per heavy atom. The fourth-order valence-electron chi connectivity index (χ4n) is 16.7. The minimum absolute atomic E-state index is 0.0831. The number of imide groups is 1. The number of benzene rings is 13. The van der Waals surface area contributed by atoms with E-state index in [1.54, 1.807) is 36.7 Å². The maximum absolute atomic E-state index is 13.0.